The maximum absolute atomic E-state index is 12.7. The average molecular weight is 344 g/mol. The molecule has 2 aromatic carbocycles. The van der Waals surface area contributed by atoms with Crippen LogP contribution in [-0.2, 0) is 18.3 Å². The Balaban J connectivity index is 1.61. The second kappa shape index (κ2) is 6.52. The number of anilines is 1. The van der Waals surface area contributed by atoms with Crippen LogP contribution in [0.25, 0.3) is 22.0 Å². The van der Waals surface area contributed by atoms with Crippen molar-refractivity contribution in [3.05, 3.63) is 72.1 Å². The average Bonchev–Trinajstić information content (AvgIpc) is 3.16. The van der Waals surface area contributed by atoms with Crippen molar-refractivity contribution in [1.29, 1.82) is 0 Å². The van der Waals surface area contributed by atoms with Crippen LogP contribution >= 0.6 is 0 Å². The SMILES string of the molecule is Cc1[nH]c2ccccc2c1CC(=O)Nc1c(-c2ccccc2)cnn1C. The van der Waals surface area contributed by atoms with Crippen LogP contribution in [0.15, 0.2) is 60.8 Å². The molecule has 0 aliphatic heterocycles. The fraction of sp³-hybridized carbons (Fsp3) is 0.143. The van der Waals surface area contributed by atoms with Gasteiger partial charge in [0, 0.05) is 29.2 Å². The number of para-hydroxylation sites is 1. The summed E-state index contributed by atoms with van der Waals surface area (Å²) in [6.45, 7) is 2.00. The summed E-state index contributed by atoms with van der Waals surface area (Å²) in [5, 5.41) is 8.43. The predicted molar refractivity (Wildman–Crippen MR) is 104 cm³/mol. The molecule has 26 heavy (non-hydrogen) atoms. The van der Waals surface area contributed by atoms with Crippen molar-refractivity contribution in [2.75, 3.05) is 5.32 Å². The third-order valence-corrected chi connectivity index (χ3v) is 4.65. The number of nitrogens with one attached hydrogen (secondary N) is 2. The fourth-order valence-electron chi connectivity index (χ4n) is 3.31. The first-order chi connectivity index (χ1) is 12.6. The van der Waals surface area contributed by atoms with Crippen LogP contribution in [0, 0.1) is 6.92 Å². The summed E-state index contributed by atoms with van der Waals surface area (Å²) < 4.78 is 1.70. The number of nitrogens with zero attached hydrogens (tertiary/aromatic N) is 2. The summed E-state index contributed by atoms with van der Waals surface area (Å²) in [7, 11) is 1.83. The molecule has 0 aliphatic rings. The zero-order chi connectivity index (χ0) is 18.1. The van der Waals surface area contributed by atoms with Gasteiger partial charge in [0.25, 0.3) is 0 Å². The number of carbonyl (C=O) groups is 1. The van der Waals surface area contributed by atoms with Gasteiger partial charge in [-0.3, -0.25) is 9.48 Å². The monoisotopic (exact) mass is 344 g/mol. The minimum Gasteiger partial charge on any atom is -0.358 e. The maximum atomic E-state index is 12.7. The van der Waals surface area contributed by atoms with Gasteiger partial charge in [-0.2, -0.15) is 5.10 Å². The number of aromatic nitrogens is 3. The molecule has 2 aromatic heterocycles. The molecule has 5 heteroatoms. The van der Waals surface area contributed by atoms with E-state index in [2.05, 4.69) is 15.4 Å². The first-order valence-electron chi connectivity index (χ1n) is 8.57. The van der Waals surface area contributed by atoms with Crippen LogP contribution in [0.3, 0.4) is 0 Å². The number of aryl methyl sites for hydroxylation is 2. The van der Waals surface area contributed by atoms with Gasteiger partial charge in [0.15, 0.2) is 0 Å². The highest BCUT2D eigenvalue weighted by atomic mass is 16.1. The number of carbonyl (C=O) groups excluding carboxylic acids is 1. The van der Waals surface area contributed by atoms with E-state index in [1.165, 1.54) is 0 Å². The van der Waals surface area contributed by atoms with Gasteiger partial charge < -0.3 is 10.3 Å². The standard InChI is InChI=1S/C21H20N4O/c1-14-17(16-10-6-7-11-19(16)23-14)12-20(26)24-21-18(13-22-25(21)2)15-8-4-3-5-9-15/h3-11,13,23H,12H2,1-2H3,(H,24,26). The summed E-state index contributed by atoms with van der Waals surface area (Å²) in [5.41, 5.74) is 5.05. The van der Waals surface area contributed by atoms with Gasteiger partial charge in [-0.1, -0.05) is 48.5 Å². The molecule has 0 spiro atoms. The molecule has 0 saturated carbocycles. The minimum absolute atomic E-state index is 0.0568. The highest BCUT2D eigenvalue weighted by molar-refractivity contribution is 5.98. The number of aromatic amines is 1. The van der Waals surface area contributed by atoms with Crippen molar-refractivity contribution in [3.8, 4) is 11.1 Å². The fourth-order valence-corrected chi connectivity index (χ4v) is 3.31. The quantitative estimate of drug-likeness (QED) is 0.586. The van der Waals surface area contributed by atoms with Crippen molar-refractivity contribution in [3.63, 3.8) is 0 Å². The molecule has 2 heterocycles. The third-order valence-electron chi connectivity index (χ3n) is 4.65. The Hall–Kier alpha value is -3.34. The van der Waals surface area contributed by atoms with Gasteiger partial charge in [0.2, 0.25) is 5.91 Å². The van der Waals surface area contributed by atoms with Gasteiger partial charge in [0.1, 0.15) is 5.82 Å². The van der Waals surface area contributed by atoms with Crippen molar-refractivity contribution in [2.24, 2.45) is 7.05 Å². The summed E-state index contributed by atoms with van der Waals surface area (Å²) in [6.07, 6.45) is 2.09. The molecule has 5 nitrogen and oxygen atoms in total. The first kappa shape index (κ1) is 16.1. The lowest BCUT2D eigenvalue weighted by Crippen LogP contribution is -2.17. The Bertz CT molecular complexity index is 1080. The Morgan fingerprint density at radius 2 is 1.85 bits per heavy atom. The van der Waals surface area contributed by atoms with Crippen LogP contribution < -0.4 is 5.32 Å². The van der Waals surface area contributed by atoms with Gasteiger partial charge in [-0.25, -0.2) is 0 Å². The predicted octanol–water partition coefficient (Wildman–Crippen LogP) is 4.06. The van der Waals surface area contributed by atoms with Crippen molar-refractivity contribution in [1.82, 2.24) is 14.8 Å². The summed E-state index contributed by atoms with van der Waals surface area (Å²) in [6, 6.07) is 18.0. The lowest BCUT2D eigenvalue weighted by Gasteiger charge is -2.09. The topological polar surface area (TPSA) is 62.7 Å². The molecule has 2 N–H and O–H groups in total. The van der Waals surface area contributed by atoms with E-state index in [-0.39, 0.29) is 5.91 Å². The molecule has 0 atom stereocenters. The smallest absolute Gasteiger partial charge is 0.230 e. The number of amides is 1. The summed E-state index contributed by atoms with van der Waals surface area (Å²) >= 11 is 0. The van der Waals surface area contributed by atoms with Crippen LogP contribution in [-0.4, -0.2) is 20.7 Å². The number of benzene rings is 2. The molecule has 0 radical (unpaired) electrons. The molecule has 0 aliphatic carbocycles. The highest BCUT2D eigenvalue weighted by Gasteiger charge is 2.16. The molecule has 0 unspecified atom stereocenters. The van der Waals surface area contributed by atoms with Gasteiger partial charge >= 0.3 is 0 Å². The van der Waals surface area contributed by atoms with E-state index in [0.29, 0.717) is 12.2 Å². The van der Waals surface area contributed by atoms with Gasteiger partial charge in [-0.05, 0) is 24.1 Å². The largest absolute Gasteiger partial charge is 0.358 e. The molecule has 0 saturated heterocycles. The molecular formula is C21H20N4O. The zero-order valence-corrected chi connectivity index (χ0v) is 14.8. The maximum Gasteiger partial charge on any atom is 0.230 e. The lowest BCUT2D eigenvalue weighted by atomic mass is 10.1. The molecule has 0 bridgehead atoms. The van der Waals surface area contributed by atoms with Crippen LogP contribution in [0.2, 0.25) is 0 Å². The van der Waals surface area contributed by atoms with Crippen molar-refractivity contribution in [2.45, 2.75) is 13.3 Å². The summed E-state index contributed by atoms with van der Waals surface area (Å²) in [5.74, 6) is 0.650. The number of rotatable bonds is 4. The van der Waals surface area contributed by atoms with E-state index in [0.717, 1.165) is 33.3 Å². The zero-order valence-electron chi connectivity index (χ0n) is 14.8. The molecular weight excluding hydrogens is 324 g/mol. The van der Waals surface area contributed by atoms with E-state index in [4.69, 9.17) is 0 Å². The van der Waals surface area contributed by atoms with Crippen LogP contribution in [0.5, 0.6) is 0 Å². The minimum atomic E-state index is -0.0568. The molecule has 130 valence electrons. The number of H-pyrrole nitrogens is 1. The Kier molecular flexibility index (Phi) is 4.05. The summed E-state index contributed by atoms with van der Waals surface area (Å²) in [4.78, 5) is 16.1. The van der Waals surface area contributed by atoms with Crippen molar-refractivity contribution >= 4 is 22.6 Å². The van der Waals surface area contributed by atoms with E-state index < -0.39 is 0 Å². The molecule has 4 aromatic rings. The lowest BCUT2D eigenvalue weighted by molar-refractivity contribution is -0.115. The first-order valence-corrected chi connectivity index (χ1v) is 8.57. The van der Waals surface area contributed by atoms with Crippen molar-refractivity contribution < 1.29 is 4.79 Å². The van der Waals surface area contributed by atoms with E-state index in [1.54, 1.807) is 10.9 Å². The third kappa shape index (κ3) is 2.88. The second-order valence-electron chi connectivity index (χ2n) is 6.40. The van der Waals surface area contributed by atoms with Gasteiger partial charge in [0.05, 0.1) is 12.6 Å². The molecule has 4 rings (SSSR count). The number of hydrogen-bond acceptors (Lipinski definition) is 2. The van der Waals surface area contributed by atoms with Crippen LogP contribution in [0.1, 0.15) is 11.3 Å². The van der Waals surface area contributed by atoms with Crippen LogP contribution in [0.4, 0.5) is 5.82 Å². The van der Waals surface area contributed by atoms with E-state index in [9.17, 15) is 4.79 Å². The Morgan fingerprint density at radius 1 is 1.12 bits per heavy atom. The highest BCUT2D eigenvalue weighted by Crippen LogP contribution is 2.28. The Morgan fingerprint density at radius 3 is 2.65 bits per heavy atom. The molecule has 1 amide bonds. The normalized spacial score (nSPS) is 11.0. The number of fused-ring (bicyclic) bond motifs is 1. The number of hydrogen-bond donors (Lipinski definition) is 2. The Labute approximate surface area is 151 Å². The second-order valence-corrected chi connectivity index (χ2v) is 6.40. The van der Waals surface area contributed by atoms with Gasteiger partial charge in [-0.15, -0.1) is 0 Å². The van der Waals surface area contributed by atoms with E-state index >= 15 is 0 Å². The van der Waals surface area contributed by atoms with E-state index in [1.807, 2.05) is 68.6 Å². The molecule has 0 fully saturated rings.